The molecule has 0 radical (unpaired) electrons. The number of ether oxygens (including phenoxy) is 1. The van der Waals surface area contributed by atoms with Crippen LogP contribution in [0.1, 0.15) is 11.3 Å². The van der Waals surface area contributed by atoms with Crippen molar-refractivity contribution in [3.8, 4) is 17.7 Å². The van der Waals surface area contributed by atoms with Crippen LogP contribution in [-0.2, 0) is 0 Å². The summed E-state index contributed by atoms with van der Waals surface area (Å²) in [7, 11) is 0. The number of hydrogen-bond donors (Lipinski definition) is 1. The second-order valence-corrected chi connectivity index (χ2v) is 7.03. The van der Waals surface area contributed by atoms with Gasteiger partial charge in [-0.05, 0) is 48.7 Å². The van der Waals surface area contributed by atoms with Crippen molar-refractivity contribution in [1.82, 2.24) is 9.97 Å². The summed E-state index contributed by atoms with van der Waals surface area (Å²) in [6.07, 6.45) is 0. The summed E-state index contributed by atoms with van der Waals surface area (Å²) in [5, 5.41) is 14.1. The molecular formula is C22H15BrN4O. The Morgan fingerprint density at radius 1 is 0.964 bits per heavy atom. The standard InChI is InChI=1S/C22H15BrN4O/c1-14-12-21(27-22(25-14)26-16-8-6-15(13-24)7-9-16)28-20-11-10-19(23)17-4-2-3-5-18(17)20/h2-12H,1H3,(H,25,26,27). The molecule has 0 saturated heterocycles. The number of halogens is 1. The van der Waals surface area contributed by atoms with Crippen LogP contribution in [-0.4, -0.2) is 9.97 Å². The first kappa shape index (κ1) is 18.0. The summed E-state index contributed by atoms with van der Waals surface area (Å²) in [6.45, 7) is 1.89. The lowest BCUT2D eigenvalue weighted by Gasteiger charge is -2.11. The van der Waals surface area contributed by atoms with Gasteiger partial charge in [0.1, 0.15) is 5.75 Å². The van der Waals surface area contributed by atoms with Crippen LogP contribution in [0.15, 0.2) is 71.2 Å². The van der Waals surface area contributed by atoms with E-state index in [1.54, 1.807) is 18.2 Å². The Morgan fingerprint density at radius 3 is 2.46 bits per heavy atom. The molecule has 28 heavy (non-hydrogen) atoms. The Kier molecular flexibility index (Phi) is 4.92. The zero-order valence-corrected chi connectivity index (χ0v) is 16.6. The quantitative estimate of drug-likeness (QED) is 0.422. The van der Waals surface area contributed by atoms with Crippen molar-refractivity contribution >= 4 is 38.3 Å². The van der Waals surface area contributed by atoms with Crippen LogP contribution < -0.4 is 10.1 Å². The van der Waals surface area contributed by atoms with Crippen LogP contribution in [0.25, 0.3) is 10.8 Å². The molecule has 0 aliphatic rings. The fourth-order valence-corrected chi connectivity index (χ4v) is 3.32. The Bertz CT molecular complexity index is 1200. The number of benzene rings is 3. The molecule has 1 N–H and O–H groups in total. The van der Waals surface area contributed by atoms with E-state index in [1.807, 2.05) is 55.5 Å². The number of nitrogens with one attached hydrogen (secondary N) is 1. The highest BCUT2D eigenvalue weighted by atomic mass is 79.9. The molecule has 0 aliphatic carbocycles. The molecule has 0 aliphatic heterocycles. The number of aryl methyl sites for hydroxylation is 1. The highest BCUT2D eigenvalue weighted by molar-refractivity contribution is 9.10. The number of hydrogen-bond acceptors (Lipinski definition) is 5. The van der Waals surface area contributed by atoms with E-state index >= 15 is 0 Å². The monoisotopic (exact) mass is 430 g/mol. The normalized spacial score (nSPS) is 10.5. The molecule has 4 rings (SSSR count). The van der Waals surface area contributed by atoms with Crippen LogP contribution in [0, 0.1) is 18.3 Å². The van der Waals surface area contributed by atoms with Gasteiger partial charge in [0.05, 0.1) is 11.6 Å². The molecule has 0 amide bonds. The van der Waals surface area contributed by atoms with E-state index in [1.165, 1.54) is 0 Å². The van der Waals surface area contributed by atoms with Crippen LogP contribution in [0.5, 0.6) is 11.6 Å². The van der Waals surface area contributed by atoms with Crippen molar-refractivity contribution in [2.45, 2.75) is 6.92 Å². The zero-order valence-electron chi connectivity index (χ0n) is 15.0. The van der Waals surface area contributed by atoms with Gasteiger partial charge in [0, 0.05) is 27.3 Å². The van der Waals surface area contributed by atoms with Gasteiger partial charge >= 0.3 is 0 Å². The lowest BCUT2D eigenvalue weighted by Crippen LogP contribution is -2.00. The van der Waals surface area contributed by atoms with Gasteiger partial charge in [-0.25, -0.2) is 4.98 Å². The number of aromatic nitrogens is 2. The maximum absolute atomic E-state index is 8.91. The number of nitrogens with zero attached hydrogens (tertiary/aromatic N) is 3. The molecule has 1 aromatic heterocycles. The van der Waals surface area contributed by atoms with Gasteiger partial charge in [-0.15, -0.1) is 0 Å². The third-order valence-electron chi connectivity index (χ3n) is 4.15. The lowest BCUT2D eigenvalue weighted by atomic mass is 10.1. The minimum absolute atomic E-state index is 0.432. The van der Waals surface area contributed by atoms with Crippen molar-refractivity contribution in [1.29, 1.82) is 5.26 Å². The predicted molar refractivity (Wildman–Crippen MR) is 113 cm³/mol. The molecule has 0 spiro atoms. The number of anilines is 2. The Morgan fingerprint density at radius 2 is 1.71 bits per heavy atom. The SMILES string of the molecule is Cc1cc(Oc2ccc(Br)c3ccccc23)nc(Nc2ccc(C#N)cc2)n1. The smallest absolute Gasteiger partial charge is 0.230 e. The largest absolute Gasteiger partial charge is 0.438 e. The maximum Gasteiger partial charge on any atom is 0.230 e. The van der Waals surface area contributed by atoms with E-state index < -0.39 is 0 Å². The first-order chi connectivity index (χ1) is 13.6. The minimum atomic E-state index is 0.432. The molecule has 0 saturated carbocycles. The van der Waals surface area contributed by atoms with Crippen LogP contribution in [0.2, 0.25) is 0 Å². The van der Waals surface area contributed by atoms with Crippen LogP contribution in [0.4, 0.5) is 11.6 Å². The fourth-order valence-electron chi connectivity index (χ4n) is 2.84. The van der Waals surface area contributed by atoms with Crippen molar-refractivity contribution < 1.29 is 4.74 Å². The predicted octanol–water partition coefficient (Wildman–Crippen LogP) is 6.11. The average Bonchev–Trinajstić information content (AvgIpc) is 2.70. The first-order valence-electron chi connectivity index (χ1n) is 8.60. The van der Waals surface area contributed by atoms with E-state index in [4.69, 9.17) is 10.00 Å². The maximum atomic E-state index is 8.91. The summed E-state index contributed by atoms with van der Waals surface area (Å²) >= 11 is 3.58. The van der Waals surface area contributed by atoms with Crippen molar-refractivity contribution in [2.75, 3.05) is 5.32 Å². The number of fused-ring (bicyclic) bond motifs is 1. The summed E-state index contributed by atoms with van der Waals surface area (Å²) in [5.41, 5.74) is 2.18. The van der Waals surface area contributed by atoms with Crippen molar-refractivity contribution in [2.24, 2.45) is 0 Å². The van der Waals surface area contributed by atoms with Crippen molar-refractivity contribution in [3.05, 3.63) is 82.5 Å². The second kappa shape index (κ2) is 7.67. The second-order valence-electron chi connectivity index (χ2n) is 6.18. The minimum Gasteiger partial charge on any atom is -0.438 e. The van der Waals surface area contributed by atoms with Gasteiger partial charge < -0.3 is 10.1 Å². The molecule has 5 nitrogen and oxygen atoms in total. The number of nitriles is 1. The number of rotatable bonds is 4. The van der Waals surface area contributed by atoms with E-state index in [0.29, 0.717) is 17.4 Å². The Labute approximate surface area is 170 Å². The topological polar surface area (TPSA) is 70.8 Å². The van der Waals surface area contributed by atoms with E-state index in [-0.39, 0.29) is 0 Å². The molecule has 6 heteroatoms. The zero-order chi connectivity index (χ0) is 19.5. The molecule has 0 fully saturated rings. The first-order valence-corrected chi connectivity index (χ1v) is 9.40. The molecule has 0 unspecified atom stereocenters. The van der Waals surface area contributed by atoms with E-state index in [2.05, 4.69) is 37.3 Å². The van der Waals surface area contributed by atoms with Gasteiger partial charge in [0.15, 0.2) is 0 Å². The van der Waals surface area contributed by atoms with E-state index in [0.717, 1.165) is 32.4 Å². The summed E-state index contributed by atoms with van der Waals surface area (Å²) < 4.78 is 7.10. The molecule has 0 atom stereocenters. The molecular weight excluding hydrogens is 416 g/mol. The van der Waals surface area contributed by atoms with Gasteiger partial charge in [0.25, 0.3) is 0 Å². The molecule has 0 bridgehead atoms. The highest BCUT2D eigenvalue weighted by Crippen LogP contribution is 2.34. The van der Waals surface area contributed by atoms with Crippen LogP contribution in [0.3, 0.4) is 0 Å². The average molecular weight is 431 g/mol. The van der Waals surface area contributed by atoms with Gasteiger partial charge in [-0.2, -0.15) is 10.2 Å². The van der Waals surface area contributed by atoms with E-state index in [9.17, 15) is 0 Å². The fraction of sp³-hybridized carbons (Fsp3) is 0.0455. The van der Waals surface area contributed by atoms with Gasteiger partial charge in [0.2, 0.25) is 11.8 Å². The highest BCUT2D eigenvalue weighted by Gasteiger charge is 2.09. The summed E-state index contributed by atoms with van der Waals surface area (Å²) in [5.74, 6) is 1.61. The summed E-state index contributed by atoms with van der Waals surface area (Å²) in [4.78, 5) is 8.89. The van der Waals surface area contributed by atoms with Gasteiger partial charge in [-0.1, -0.05) is 40.2 Å². The van der Waals surface area contributed by atoms with Crippen LogP contribution >= 0.6 is 15.9 Å². The molecule has 1 heterocycles. The van der Waals surface area contributed by atoms with Gasteiger partial charge in [-0.3, -0.25) is 0 Å². The molecule has 136 valence electrons. The summed E-state index contributed by atoms with van der Waals surface area (Å²) in [6, 6.07) is 22.9. The van der Waals surface area contributed by atoms with Crippen molar-refractivity contribution in [3.63, 3.8) is 0 Å². The molecule has 3 aromatic carbocycles. The Balaban J connectivity index is 1.64. The molecule has 4 aromatic rings. The third kappa shape index (κ3) is 3.80. The Hall–Kier alpha value is -3.43. The lowest BCUT2D eigenvalue weighted by molar-refractivity contribution is 0.467. The third-order valence-corrected chi connectivity index (χ3v) is 4.84.